The quantitative estimate of drug-likeness (QED) is 0.165. The second kappa shape index (κ2) is 12.9. The lowest BCUT2D eigenvalue weighted by Gasteiger charge is -2.39. The van der Waals surface area contributed by atoms with E-state index in [1.165, 1.54) is 67.0 Å². The topological polar surface area (TPSA) is 3.24 Å². The Morgan fingerprint density at radius 3 is 1.63 bits per heavy atom. The summed E-state index contributed by atoms with van der Waals surface area (Å²) >= 11 is 0. The van der Waals surface area contributed by atoms with Crippen molar-refractivity contribution in [3.63, 3.8) is 0 Å². The van der Waals surface area contributed by atoms with E-state index in [-0.39, 0.29) is 0 Å². The molecule has 1 unspecified atom stereocenters. The van der Waals surface area contributed by atoms with Gasteiger partial charge in [0.1, 0.15) is 0 Å². The summed E-state index contributed by atoms with van der Waals surface area (Å²) in [5, 5.41) is 0. The average molecular weight is 654 g/mol. The molecule has 0 aliphatic heterocycles. The second-order valence-corrected chi connectivity index (χ2v) is 13.7. The van der Waals surface area contributed by atoms with Gasteiger partial charge in [0.2, 0.25) is 0 Å². The largest absolute Gasteiger partial charge is 0.314 e. The van der Waals surface area contributed by atoms with Crippen LogP contribution in [0.5, 0.6) is 0 Å². The molecular formula is C50H39N. The molecule has 0 saturated heterocycles. The zero-order valence-corrected chi connectivity index (χ0v) is 28.8. The number of rotatable bonds is 7. The van der Waals surface area contributed by atoms with Crippen molar-refractivity contribution in [2.75, 3.05) is 4.90 Å². The molecule has 0 bridgehead atoms. The summed E-state index contributed by atoms with van der Waals surface area (Å²) in [5.41, 5.74) is 16.0. The van der Waals surface area contributed by atoms with E-state index in [0.29, 0.717) is 5.92 Å². The molecule has 0 heterocycles. The molecule has 2 aliphatic carbocycles. The predicted molar refractivity (Wildman–Crippen MR) is 214 cm³/mol. The SMILES string of the molecule is CC1CC(N(c2ccc(-c3ccccc3)cc2)c2cccc3c2C(c2ccccc2)(c2ccccc2)c2ccccc2-3)=CC=C1c1ccccc1. The van der Waals surface area contributed by atoms with Gasteiger partial charge in [0.15, 0.2) is 0 Å². The van der Waals surface area contributed by atoms with Crippen LogP contribution in [0, 0.1) is 5.92 Å². The maximum atomic E-state index is 2.55. The van der Waals surface area contributed by atoms with Crippen LogP contribution in [0.15, 0.2) is 206 Å². The molecule has 0 amide bonds. The van der Waals surface area contributed by atoms with E-state index in [2.05, 4.69) is 212 Å². The van der Waals surface area contributed by atoms with Crippen molar-refractivity contribution >= 4 is 16.9 Å². The molecular weight excluding hydrogens is 615 g/mol. The highest BCUT2D eigenvalue weighted by Crippen LogP contribution is 2.60. The first-order valence-electron chi connectivity index (χ1n) is 18.0. The Hall–Kier alpha value is -6.18. The maximum Gasteiger partial charge on any atom is 0.0734 e. The first-order chi connectivity index (χ1) is 25.2. The van der Waals surface area contributed by atoms with Crippen molar-refractivity contribution in [2.45, 2.75) is 18.8 Å². The molecule has 1 heteroatoms. The van der Waals surface area contributed by atoms with Gasteiger partial charge in [-0.15, -0.1) is 0 Å². The fourth-order valence-corrected chi connectivity index (χ4v) is 8.58. The molecule has 1 nitrogen and oxygen atoms in total. The minimum Gasteiger partial charge on any atom is -0.314 e. The molecule has 0 N–H and O–H groups in total. The fourth-order valence-electron chi connectivity index (χ4n) is 8.58. The molecule has 0 radical (unpaired) electrons. The first kappa shape index (κ1) is 30.8. The van der Waals surface area contributed by atoms with Crippen LogP contribution in [0.1, 0.15) is 41.2 Å². The van der Waals surface area contributed by atoms with Gasteiger partial charge in [-0.2, -0.15) is 0 Å². The van der Waals surface area contributed by atoms with E-state index in [4.69, 9.17) is 0 Å². The minimum atomic E-state index is -0.515. The molecule has 0 spiro atoms. The van der Waals surface area contributed by atoms with Crippen molar-refractivity contribution in [1.29, 1.82) is 0 Å². The fraction of sp³-hybridized carbons (Fsp3) is 0.0800. The van der Waals surface area contributed by atoms with E-state index in [1.54, 1.807) is 0 Å². The van der Waals surface area contributed by atoms with Gasteiger partial charge in [-0.05, 0) is 86.7 Å². The average Bonchev–Trinajstić information content (AvgIpc) is 3.51. The Morgan fingerprint density at radius 1 is 0.471 bits per heavy atom. The van der Waals surface area contributed by atoms with Crippen LogP contribution in [-0.4, -0.2) is 0 Å². The van der Waals surface area contributed by atoms with E-state index in [0.717, 1.165) is 12.1 Å². The van der Waals surface area contributed by atoms with E-state index in [1.807, 2.05) is 0 Å². The van der Waals surface area contributed by atoms with Gasteiger partial charge in [0.25, 0.3) is 0 Å². The van der Waals surface area contributed by atoms with Crippen LogP contribution in [-0.2, 0) is 5.41 Å². The number of allylic oxidation sites excluding steroid dienone is 4. The number of fused-ring (bicyclic) bond motifs is 3. The van der Waals surface area contributed by atoms with Gasteiger partial charge >= 0.3 is 0 Å². The lowest BCUT2D eigenvalue weighted by Crippen LogP contribution is -2.31. The molecule has 1 atom stereocenters. The van der Waals surface area contributed by atoms with Crippen molar-refractivity contribution < 1.29 is 0 Å². The number of benzene rings is 7. The Balaban J connectivity index is 1.32. The van der Waals surface area contributed by atoms with Crippen LogP contribution in [0.25, 0.3) is 27.8 Å². The number of nitrogens with zero attached hydrogens (tertiary/aromatic N) is 1. The number of anilines is 2. The second-order valence-electron chi connectivity index (χ2n) is 13.7. The highest BCUT2D eigenvalue weighted by atomic mass is 15.2. The Labute approximate surface area is 301 Å². The van der Waals surface area contributed by atoms with Crippen molar-refractivity contribution in [2.24, 2.45) is 5.92 Å². The molecule has 7 aromatic rings. The minimum absolute atomic E-state index is 0.348. The van der Waals surface area contributed by atoms with E-state index < -0.39 is 5.41 Å². The normalized spacial score (nSPS) is 15.7. The van der Waals surface area contributed by atoms with Crippen LogP contribution in [0.2, 0.25) is 0 Å². The van der Waals surface area contributed by atoms with Crippen LogP contribution < -0.4 is 4.90 Å². The molecule has 51 heavy (non-hydrogen) atoms. The van der Waals surface area contributed by atoms with Gasteiger partial charge in [-0.25, -0.2) is 0 Å². The lowest BCUT2D eigenvalue weighted by molar-refractivity contribution is 0.711. The highest BCUT2D eigenvalue weighted by Gasteiger charge is 2.48. The van der Waals surface area contributed by atoms with Gasteiger partial charge in [-0.1, -0.05) is 183 Å². The number of hydrogen-bond donors (Lipinski definition) is 0. The summed E-state index contributed by atoms with van der Waals surface area (Å²) in [6.07, 6.45) is 5.63. The summed E-state index contributed by atoms with van der Waals surface area (Å²) in [5.74, 6) is 0.348. The summed E-state index contributed by atoms with van der Waals surface area (Å²) in [7, 11) is 0. The van der Waals surface area contributed by atoms with Gasteiger partial charge < -0.3 is 4.90 Å². The molecule has 0 saturated carbocycles. The summed E-state index contributed by atoms with van der Waals surface area (Å²) in [6.45, 7) is 2.37. The van der Waals surface area contributed by atoms with E-state index in [9.17, 15) is 0 Å². The van der Waals surface area contributed by atoms with E-state index >= 15 is 0 Å². The lowest BCUT2D eigenvalue weighted by atomic mass is 9.67. The van der Waals surface area contributed by atoms with Crippen molar-refractivity contribution in [3.05, 3.63) is 234 Å². The smallest absolute Gasteiger partial charge is 0.0734 e. The van der Waals surface area contributed by atoms with Crippen LogP contribution in [0.4, 0.5) is 11.4 Å². The zero-order chi connectivity index (χ0) is 34.2. The van der Waals surface area contributed by atoms with Crippen molar-refractivity contribution in [3.8, 4) is 22.3 Å². The first-order valence-corrected chi connectivity index (χ1v) is 18.0. The summed E-state index contributed by atoms with van der Waals surface area (Å²) in [4.78, 5) is 2.55. The van der Waals surface area contributed by atoms with Gasteiger partial charge in [0.05, 0.1) is 11.1 Å². The number of hydrogen-bond acceptors (Lipinski definition) is 1. The summed E-state index contributed by atoms with van der Waals surface area (Å²) < 4.78 is 0. The van der Waals surface area contributed by atoms with Crippen LogP contribution in [0.3, 0.4) is 0 Å². The third-order valence-corrected chi connectivity index (χ3v) is 10.8. The standard InChI is InChI=1S/C50H39N/c1-36-35-43(33-34-44(36)39-19-8-3-9-20-39)51(42-31-29-38(30-32-42)37-17-6-2-7-18-37)48-28-16-26-46-45-25-14-15-27-47(45)50(49(46)48,40-21-10-4-11-22-40)41-23-12-5-13-24-41/h2-34,36H,35H2,1H3. The molecule has 0 fully saturated rings. The Bertz CT molecular complexity index is 2330. The maximum absolute atomic E-state index is 2.55. The summed E-state index contributed by atoms with van der Waals surface area (Å²) in [6, 6.07) is 68.9. The van der Waals surface area contributed by atoms with Gasteiger partial charge in [-0.3, -0.25) is 0 Å². The monoisotopic (exact) mass is 653 g/mol. The molecule has 7 aromatic carbocycles. The predicted octanol–water partition coefficient (Wildman–Crippen LogP) is 12.9. The van der Waals surface area contributed by atoms with Gasteiger partial charge in [0, 0.05) is 16.9 Å². The van der Waals surface area contributed by atoms with Crippen LogP contribution >= 0.6 is 0 Å². The Kier molecular flexibility index (Phi) is 7.82. The molecule has 2 aliphatic rings. The third kappa shape index (κ3) is 5.16. The third-order valence-electron chi connectivity index (χ3n) is 10.8. The zero-order valence-electron chi connectivity index (χ0n) is 28.8. The molecule has 244 valence electrons. The highest BCUT2D eigenvalue weighted by molar-refractivity contribution is 5.93. The van der Waals surface area contributed by atoms with Crippen molar-refractivity contribution in [1.82, 2.24) is 0 Å². The molecule has 0 aromatic heterocycles. The molecule has 9 rings (SSSR count). The Morgan fingerprint density at radius 2 is 1.00 bits per heavy atom.